The molecule has 0 aliphatic rings. The van der Waals surface area contributed by atoms with Crippen LogP contribution in [0.15, 0.2) is 437 Å². The number of rotatable bonds is 14. The van der Waals surface area contributed by atoms with Crippen LogP contribution in [0.5, 0.6) is 0 Å². The first-order valence-electron chi connectivity index (χ1n) is 41.7. The van der Waals surface area contributed by atoms with Gasteiger partial charge in [0.2, 0.25) is 0 Å². The summed E-state index contributed by atoms with van der Waals surface area (Å²) in [6.07, 6.45) is 0. The third-order valence-corrected chi connectivity index (χ3v) is 26.1. The minimum atomic E-state index is 0.686. The van der Waals surface area contributed by atoms with E-state index in [1.54, 1.807) is 0 Å². The molecule has 8 heterocycles. The van der Waals surface area contributed by atoms with E-state index in [0.717, 1.165) is 151 Å². The fourth-order valence-corrected chi connectivity index (χ4v) is 20.2. The van der Waals surface area contributed by atoms with E-state index in [0.29, 0.717) is 11.6 Å². The molecule has 0 saturated heterocycles. The van der Waals surface area contributed by atoms with Crippen LogP contribution in [0.25, 0.3) is 230 Å². The minimum absolute atomic E-state index is 0.686. The number of nitrogens with zero attached hydrogens (tertiary/aromatic N) is 8. The molecule has 8 nitrogen and oxygen atoms in total. The predicted molar refractivity (Wildman–Crippen MR) is 518 cm³/mol. The van der Waals surface area contributed by atoms with Crippen molar-refractivity contribution in [3.63, 3.8) is 0 Å². The van der Waals surface area contributed by atoms with Crippen LogP contribution in [0.3, 0.4) is 0 Å². The van der Waals surface area contributed by atoms with Gasteiger partial charge in [-0.2, -0.15) is 10.2 Å². The monoisotopic (exact) mass is 1620 g/mol. The van der Waals surface area contributed by atoms with Crippen LogP contribution >= 0.6 is 22.7 Å². The topological polar surface area (TPSA) is 86.2 Å². The Morgan fingerprint density at radius 3 is 0.903 bits per heavy atom. The lowest BCUT2D eigenvalue weighted by Crippen LogP contribution is -1.96. The highest BCUT2D eigenvalue weighted by molar-refractivity contribution is 7.26. The first-order chi connectivity index (χ1) is 61.5. The van der Waals surface area contributed by atoms with Gasteiger partial charge in [0, 0.05) is 118 Å². The SMILES string of the molecule is c1ccc(-c2nc(-c3ccc(-c4nn5c(-c6ccccc6)cc6ccccc6c5c4-c4ccccc4)cc3)cc(-c3ccc(-c4cccc5c4sc4ccccc45)cc3)n2)cc1.c1ccc(-c2nc(-c3ccc(-c4nn5c(-c6ccccc6)cc6ccccc6c5c4-c4ccccc4)cc3)cc(-c3cccc(-c4cccc5c4sc4ccccc45)c3)n2)cc1. The Morgan fingerprint density at radius 2 is 0.492 bits per heavy atom. The van der Waals surface area contributed by atoms with E-state index >= 15 is 0 Å². The van der Waals surface area contributed by atoms with E-state index in [9.17, 15) is 0 Å². The lowest BCUT2D eigenvalue weighted by molar-refractivity contribution is 0.979. The molecule has 10 heteroatoms. The Balaban J connectivity index is 0.000000143. The fraction of sp³-hybridized carbons (Fsp3) is 0. The van der Waals surface area contributed by atoms with Crippen LogP contribution in [0.4, 0.5) is 0 Å². The molecule has 0 radical (unpaired) electrons. The molecule has 0 N–H and O–H groups in total. The molecule has 0 unspecified atom stereocenters. The molecule has 0 amide bonds. The van der Waals surface area contributed by atoms with Gasteiger partial charge in [-0.15, -0.1) is 22.7 Å². The lowest BCUT2D eigenvalue weighted by atomic mass is 9.96. The summed E-state index contributed by atoms with van der Waals surface area (Å²) >= 11 is 3.71. The van der Waals surface area contributed by atoms with Crippen molar-refractivity contribution in [2.45, 2.75) is 0 Å². The normalized spacial score (nSPS) is 11.5. The maximum atomic E-state index is 5.45. The first-order valence-corrected chi connectivity index (χ1v) is 43.3. The molecule has 0 aliphatic carbocycles. The van der Waals surface area contributed by atoms with Crippen molar-refractivity contribution in [3.05, 3.63) is 437 Å². The van der Waals surface area contributed by atoms with Gasteiger partial charge in [0.15, 0.2) is 11.6 Å². The first kappa shape index (κ1) is 73.2. The largest absolute Gasteiger partial charge is 0.231 e. The predicted octanol–water partition coefficient (Wildman–Crippen LogP) is 30.6. The summed E-state index contributed by atoms with van der Waals surface area (Å²) < 4.78 is 9.49. The maximum absolute atomic E-state index is 5.45. The molecule has 0 aliphatic heterocycles. The van der Waals surface area contributed by atoms with Gasteiger partial charge in [-0.1, -0.05) is 394 Å². The Bertz CT molecular complexity index is 8170. The summed E-state index contributed by atoms with van der Waals surface area (Å²) in [5.74, 6) is 1.37. The summed E-state index contributed by atoms with van der Waals surface area (Å²) in [6, 6.07) is 154. The summed E-state index contributed by atoms with van der Waals surface area (Å²) in [5.41, 5.74) is 29.2. The molecule has 8 aromatic heterocycles. The second kappa shape index (κ2) is 31.3. The van der Waals surface area contributed by atoms with Crippen molar-refractivity contribution >= 4 is 95.6 Å². The number of hydrogen-bond donors (Lipinski definition) is 0. The van der Waals surface area contributed by atoms with E-state index in [2.05, 4.69) is 409 Å². The van der Waals surface area contributed by atoms with E-state index < -0.39 is 0 Å². The highest BCUT2D eigenvalue weighted by Gasteiger charge is 2.26. The van der Waals surface area contributed by atoms with Crippen LogP contribution in [-0.2, 0) is 0 Å². The molecule has 24 rings (SSSR count). The number of benzene rings is 16. The summed E-state index contributed by atoms with van der Waals surface area (Å²) in [4.78, 5) is 20.7. The Labute approximate surface area is 723 Å². The van der Waals surface area contributed by atoms with Crippen molar-refractivity contribution < 1.29 is 0 Å². The summed E-state index contributed by atoms with van der Waals surface area (Å²) in [5, 5.41) is 20.8. The van der Waals surface area contributed by atoms with Gasteiger partial charge >= 0.3 is 0 Å². The van der Waals surface area contributed by atoms with Crippen molar-refractivity contribution in [2.24, 2.45) is 0 Å². The number of fused-ring (bicyclic) bond motifs is 12. The average molecular weight is 1620 g/mol. The zero-order chi connectivity index (χ0) is 82.0. The highest BCUT2D eigenvalue weighted by atomic mass is 32.1. The van der Waals surface area contributed by atoms with Crippen molar-refractivity contribution in [1.82, 2.24) is 39.2 Å². The van der Waals surface area contributed by atoms with Crippen LogP contribution in [0.2, 0.25) is 0 Å². The molecule has 124 heavy (non-hydrogen) atoms. The quantitative estimate of drug-likeness (QED) is 0.108. The van der Waals surface area contributed by atoms with Crippen LogP contribution in [0.1, 0.15) is 0 Å². The van der Waals surface area contributed by atoms with Crippen molar-refractivity contribution in [1.29, 1.82) is 0 Å². The minimum Gasteiger partial charge on any atom is -0.231 e. The number of pyridine rings is 2. The average Bonchev–Trinajstić information content (AvgIpc) is 1.56. The number of aromatic nitrogens is 8. The van der Waals surface area contributed by atoms with Gasteiger partial charge in [-0.05, 0) is 86.6 Å². The van der Waals surface area contributed by atoms with Crippen LogP contribution in [0, 0.1) is 0 Å². The van der Waals surface area contributed by atoms with Crippen LogP contribution < -0.4 is 0 Å². The molecule has 0 bridgehead atoms. The molecule has 0 saturated carbocycles. The standard InChI is InChI=1S/2C57H36N4S/c1-4-16-38(17-5-1)51-35-43-22-10-11-25-45(43)55-53(39-18-6-2-7-19-39)54(60-61(51)55)40-32-30-37(31-33-40)49-36-50(59-57(58-49)41-20-8-3-9-21-41)44-24-14-23-42(34-44)46-27-15-28-48-47-26-12-13-29-52(47)62-56(46)48;1-4-15-40(16-5-1)51-35-44-21-10-11-22-45(44)55-53(41-17-6-2-7-18-41)54(60-61(51)55)42-33-31-39(32-34-42)50-36-49(58-57(59-50)43-19-8-3-9-20-43)38-29-27-37(28-30-38)46-24-14-25-48-47-23-12-13-26-52(47)62-56(46)48/h2*1-36H. The molecule has 16 aromatic carbocycles. The number of hydrogen-bond acceptors (Lipinski definition) is 8. The Kier molecular flexibility index (Phi) is 18.5. The van der Waals surface area contributed by atoms with Gasteiger partial charge in [-0.25, -0.2) is 29.0 Å². The molecule has 580 valence electrons. The van der Waals surface area contributed by atoms with Crippen molar-refractivity contribution in [2.75, 3.05) is 0 Å². The molecular formula is C114H72N8S2. The second-order valence-electron chi connectivity index (χ2n) is 31.2. The fourth-order valence-electron chi connectivity index (χ4n) is 17.7. The van der Waals surface area contributed by atoms with E-state index in [1.165, 1.54) is 67.8 Å². The Morgan fingerprint density at radius 1 is 0.194 bits per heavy atom. The zero-order valence-electron chi connectivity index (χ0n) is 67.0. The zero-order valence-corrected chi connectivity index (χ0v) is 68.6. The van der Waals surface area contributed by atoms with Crippen LogP contribution in [-0.4, -0.2) is 39.2 Å². The van der Waals surface area contributed by atoms with Crippen molar-refractivity contribution in [3.8, 4) is 157 Å². The molecular weight excluding hydrogens is 1550 g/mol. The summed E-state index contributed by atoms with van der Waals surface area (Å²) in [7, 11) is 0. The molecule has 0 atom stereocenters. The smallest absolute Gasteiger partial charge is 0.160 e. The number of thiophene rings is 2. The summed E-state index contributed by atoms with van der Waals surface area (Å²) in [6.45, 7) is 0. The highest BCUT2D eigenvalue weighted by Crippen LogP contribution is 2.47. The molecule has 24 aromatic rings. The van der Waals surface area contributed by atoms with E-state index in [-0.39, 0.29) is 0 Å². The van der Waals surface area contributed by atoms with E-state index in [4.69, 9.17) is 30.1 Å². The molecule has 0 spiro atoms. The van der Waals surface area contributed by atoms with Gasteiger partial charge in [0.1, 0.15) is 11.4 Å². The third kappa shape index (κ3) is 13.3. The maximum Gasteiger partial charge on any atom is 0.160 e. The van der Waals surface area contributed by atoms with E-state index in [1.807, 2.05) is 59.1 Å². The Hall–Kier alpha value is -16.0. The van der Waals surface area contributed by atoms with Gasteiger partial charge in [-0.3, -0.25) is 0 Å². The molecule has 0 fully saturated rings. The van der Waals surface area contributed by atoms with Gasteiger partial charge in [0.05, 0.1) is 45.2 Å². The van der Waals surface area contributed by atoms with Gasteiger partial charge < -0.3 is 0 Å². The second-order valence-corrected chi connectivity index (χ2v) is 33.3. The van der Waals surface area contributed by atoms with Gasteiger partial charge in [0.25, 0.3) is 0 Å². The lowest BCUT2D eigenvalue weighted by Gasteiger charge is -2.11. The third-order valence-electron chi connectivity index (χ3n) is 23.7.